The Kier molecular flexibility index (Phi) is 3.19. The molecule has 0 atom stereocenters. The van der Waals surface area contributed by atoms with Crippen LogP contribution in [0, 0.1) is 0 Å². The van der Waals surface area contributed by atoms with E-state index in [9.17, 15) is 0 Å². The summed E-state index contributed by atoms with van der Waals surface area (Å²) in [6, 6.07) is 42.3. The molecule has 0 bridgehead atoms. The normalized spacial score (nSPS) is 12.2. The average Bonchev–Trinajstić information content (AvgIpc) is 3.37. The zero-order valence-electron chi connectivity index (χ0n) is 17.9. The lowest BCUT2D eigenvalue weighted by Crippen LogP contribution is -1.95. The van der Waals surface area contributed by atoms with Gasteiger partial charge in [0.2, 0.25) is 0 Å². The maximum atomic E-state index is 2.46. The third-order valence-corrected chi connectivity index (χ3v) is 7.31. The summed E-state index contributed by atoms with van der Waals surface area (Å²) < 4.78 is 2.46. The maximum absolute atomic E-state index is 2.46. The molecule has 1 aliphatic carbocycles. The van der Waals surface area contributed by atoms with Crippen molar-refractivity contribution in [1.82, 2.24) is 4.57 Å². The van der Waals surface area contributed by atoms with Crippen LogP contribution in [0.4, 0.5) is 0 Å². The number of benzene rings is 6. The van der Waals surface area contributed by atoms with Crippen LogP contribution < -0.4 is 0 Å². The van der Waals surface area contributed by atoms with Crippen molar-refractivity contribution in [3.05, 3.63) is 115 Å². The van der Waals surface area contributed by atoms with Gasteiger partial charge in [0.25, 0.3) is 0 Å². The van der Waals surface area contributed by atoms with Crippen molar-refractivity contribution in [3.63, 3.8) is 0 Å². The Labute approximate surface area is 191 Å². The van der Waals surface area contributed by atoms with E-state index in [0.29, 0.717) is 0 Å². The number of aromatic nitrogens is 1. The quantitative estimate of drug-likeness (QED) is 0.252. The number of hydrogen-bond acceptors (Lipinski definition) is 0. The topological polar surface area (TPSA) is 4.93 Å². The van der Waals surface area contributed by atoms with Gasteiger partial charge in [-0.15, -0.1) is 0 Å². The molecule has 1 heterocycles. The van der Waals surface area contributed by atoms with E-state index in [0.717, 1.165) is 0 Å². The third kappa shape index (κ3) is 2.16. The molecule has 0 saturated carbocycles. The molecule has 0 saturated heterocycles. The second-order valence-electron chi connectivity index (χ2n) is 8.98. The van der Waals surface area contributed by atoms with Gasteiger partial charge in [0.05, 0.1) is 16.7 Å². The highest BCUT2D eigenvalue weighted by molar-refractivity contribution is 6.19. The van der Waals surface area contributed by atoms with E-state index in [1.807, 2.05) is 0 Å². The zero-order valence-corrected chi connectivity index (χ0v) is 17.9. The number of hydrogen-bond donors (Lipinski definition) is 0. The third-order valence-electron chi connectivity index (χ3n) is 7.31. The number of para-hydroxylation sites is 1. The van der Waals surface area contributed by atoms with Crippen molar-refractivity contribution in [2.24, 2.45) is 0 Å². The fourth-order valence-electron chi connectivity index (χ4n) is 5.90. The molecule has 0 aliphatic heterocycles. The van der Waals surface area contributed by atoms with Crippen molar-refractivity contribution < 1.29 is 0 Å². The van der Waals surface area contributed by atoms with E-state index >= 15 is 0 Å². The zero-order chi connectivity index (χ0) is 21.5. The second-order valence-corrected chi connectivity index (χ2v) is 8.98. The summed E-state index contributed by atoms with van der Waals surface area (Å²) in [7, 11) is 0. The predicted molar refractivity (Wildman–Crippen MR) is 140 cm³/mol. The summed E-state index contributed by atoms with van der Waals surface area (Å²) in [5.74, 6) is 0. The minimum atomic E-state index is 1.24. The fourth-order valence-corrected chi connectivity index (χ4v) is 5.90. The Hall–Kier alpha value is -4.36. The lowest BCUT2D eigenvalue weighted by molar-refractivity contribution is 1.20. The van der Waals surface area contributed by atoms with Gasteiger partial charge in [0, 0.05) is 16.2 Å². The maximum Gasteiger partial charge on any atom is 0.0547 e. The van der Waals surface area contributed by atoms with E-state index in [-0.39, 0.29) is 0 Å². The number of nitrogens with zero attached hydrogens (tertiary/aromatic N) is 1. The van der Waals surface area contributed by atoms with Gasteiger partial charge >= 0.3 is 0 Å². The monoisotopic (exact) mass is 417 g/mol. The Morgan fingerprint density at radius 3 is 1.88 bits per heavy atom. The Morgan fingerprint density at radius 1 is 0.394 bits per heavy atom. The van der Waals surface area contributed by atoms with Crippen LogP contribution in [0.25, 0.3) is 71.3 Å². The first-order valence-electron chi connectivity index (χ1n) is 11.5. The molecule has 7 aromatic rings. The summed E-state index contributed by atoms with van der Waals surface area (Å²) in [6.45, 7) is 0. The van der Waals surface area contributed by atoms with E-state index in [1.54, 1.807) is 0 Å². The molecular weight excluding hydrogens is 398 g/mol. The van der Waals surface area contributed by atoms with E-state index in [1.165, 1.54) is 71.3 Å². The van der Waals surface area contributed by atoms with Crippen LogP contribution in [0.15, 0.2) is 115 Å². The van der Waals surface area contributed by atoms with Crippen LogP contribution in [-0.4, -0.2) is 4.57 Å². The van der Waals surface area contributed by atoms with Gasteiger partial charge in [0.15, 0.2) is 0 Å². The lowest BCUT2D eigenvalue weighted by Gasteiger charge is -2.13. The summed E-state index contributed by atoms with van der Waals surface area (Å²) in [4.78, 5) is 0. The van der Waals surface area contributed by atoms with Gasteiger partial charge < -0.3 is 4.57 Å². The first-order chi connectivity index (χ1) is 16.4. The van der Waals surface area contributed by atoms with Gasteiger partial charge in [0.1, 0.15) is 0 Å². The van der Waals surface area contributed by atoms with Crippen molar-refractivity contribution in [2.45, 2.75) is 0 Å². The van der Waals surface area contributed by atoms with Gasteiger partial charge in [-0.3, -0.25) is 0 Å². The molecule has 152 valence electrons. The van der Waals surface area contributed by atoms with E-state index in [2.05, 4.69) is 120 Å². The highest BCUT2D eigenvalue weighted by Crippen LogP contribution is 2.49. The van der Waals surface area contributed by atoms with Crippen LogP contribution in [-0.2, 0) is 0 Å². The summed E-state index contributed by atoms with van der Waals surface area (Å²) >= 11 is 0. The molecule has 0 fully saturated rings. The van der Waals surface area contributed by atoms with Gasteiger partial charge in [-0.2, -0.15) is 0 Å². The van der Waals surface area contributed by atoms with Gasteiger partial charge in [-0.25, -0.2) is 0 Å². The number of rotatable bonds is 1. The molecular formula is C32H19N. The smallest absolute Gasteiger partial charge is 0.0547 e. The molecule has 8 rings (SSSR count). The van der Waals surface area contributed by atoms with Gasteiger partial charge in [-0.1, -0.05) is 91.0 Å². The summed E-state index contributed by atoms with van der Waals surface area (Å²) in [5, 5.41) is 7.82. The summed E-state index contributed by atoms with van der Waals surface area (Å²) in [5.41, 5.74) is 9.10. The first kappa shape index (κ1) is 17.2. The van der Waals surface area contributed by atoms with Crippen LogP contribution in [0.2, 0.25) is 0 Å². The van der Waals surface area contributed by atoms with Crippen LogP contribution in [0.1, 0.15) is 0 Å². The van der Waals surface area contributed by atoms with Crippen LogP contribution in [0.5, 0.6) is 0 Å². The van der Waals surface area contributed by atoms with E-state index in [4.69, 9.17) is 0 Å². The Morgan fingerprint density at radius 2 is 1.03 bits per heavy atom. The average molecular weight is 418 g/mol. The van der Waals surface area contributed by atoms with Crippen LogP contribution in [0.3, 0.4) is 0 Å². The van der Waals surface area contributed by atoms with Crippen molar-refractivity contribution in [2.75, 3.05) is 0 Å². The fraction of sp³-hybridized carbons (Fsp3) is 0. The lowest BCUT2D eigenvalue weighted by atomic mass is 10.0. The minimum Gasteiger partial charge on any atom is -0.309 e. The van der Waals surface area contributed by atoms with E-state index < -0.39 is 0 Å². The molecule has 0 unspecified atom stereocenters. The number of fused-ring (bicyclic) bond motifs is 7. The first-order valence-corrected chi connectivity index (χ1v) is 11.5. The molecule has 0 N–H and O–H groups in total. The summed E-state index contributed by atoms with van der Waals surface area (Å²) in [6.07, 6.45) is 0. The van der Waals surface area contributed by atoms with Gasteiger partial charge in [-0.05, 0) is 62.7 Å². The highest BCUT2D eigenvalue weighted by atomic mass is 15.0. The van der Waals surface area contributed by atoms with Crippen LogP contribution >= 0.6 is 0 Å². The molecule has 1 aliphatic rings. The van der Waals surface area contributed by atoms with Crippen molar-refractivity contribution in [1.29, 1.82) is 0 Å². The molecule has 0 spiro atoms. The Balaban J connectivity index is 1.55. The minimum absolute atomic E-state index is 1.24. The molecule has 0 radical (unpaired) electrons. The largest absolute Gasteiger partial charge is 0.309 e. The molecule has 1 aromatic heterocycles. The molecule has 1 heteroatoms. The molecule has 1 nitrogen and oxygen atoms in total. The predicted octanol–water partition coefficient (Wildman–Crippen LogP) is 8.74. The SMILES string of the molecule is c1ccc2c(c1)-c1cccc3c(-n4c5ccccc5c5cc6ccccc6cc54)ccc-2c13. The molecule has 0 amide bonds. The van der Waals surface area contributed by atoms with Crippen molar-refractivity contribution >= 4 is 43.4 Å². The molecule has 6 aromatic carbocycles. The Bertz CT molecular complexity index is 1890. The second kappa shape index (κ2) is 6.11. The standard InChI is InChI=1S/C32H19N/c1-2-9-21-19-31-28(18-20(21)8-1)24-12-5-6-15-29(24)33(31)30-17-16-26-23-11-4-3-10-22(23)25-13-7-14-27(30)32(25)26/h1-19H. The molecule has 33 heavy (non-hydrogen) atoms. The highest BCUT2D eigenvalue weighted by Gasteiger charge is 2.23. The van der Waals surface area contributed by atoms with Crippen molar-refractivity contribution in [3.8, 4) is 27.9 Å².